The summed E-state index contributed by atoms with van der Waals surface area (Å²) in [6.45, 7) is 1.14. The van der Waals surface area contributed by atoms with E-state index in [1.54, 1.807) is 12.0 Å². The summed E-state index contributed by atoms with van der Waals surface area (Å²) in [5.41, 5.74) is 2.93. The highest BCUT2D eigenvalue weighted by Crippen LogP contribution is 2.27. The number of carbonyl (C=O) groups excluding carboxylic acids is 1. The number of nitrogens with zero attached hydrogens (tertiary/aromatic N) is 1. The number of rotatable bonds is 3. The molecule has 1 atom stereocenters. The van der Waals surface area contributed by atoms with Gasteiger partial charge < -0.3 is 14.7 Å². The summed E-state index contributed by atoms with van der Waals surface area (Å²) in [4.78, 5) is 14.5. The van der Waals surface area contributed by atoms with Crippen LogP contribution in [0.3, 0.4) is 0 Å². The summed E-state index contributed by atoms with van der Waals surface area (Å²) < 4.78 is 5.22. The maximum atomic E-state index is 12.7. The summed E-state index contributed by atoms with van der Waals surface area (Å²) in [6, 6.07) is 20.1. The summed E-state index contributed by atoms with van der Waals surface area (Å²) in [7, 11) is 1.66. The Morgan fingerprint density at radius 3 is 2.44 bits per heavy atom. The predicted octanol–water partition coefficient (Wildman–Crippen LogP) is 4.11. The molecule has 3 aromatic rings. The lowest BCUT2D eigenvalue weighted by atomic mass is 9.99. The molecule has 1 N–H and O–H groups in total. The Kier molecular flexibility index (Phi) is 4.82. The molecule has 27 heavy (non-hydrogen) atoms. The van der Waals surface area contributed by atoms with Crippen molar-refractivity contribution in [3.8, 4) is 16.9 Å². The molecule has 138 valence electrons. The Hall–Kier alpha value is -2.85. The normalized spacial score (nSPS) is 17.1. The zero-order valence-electron chi connectivity index (χ0n) is 15.4. The van der Waals surface area contributed by atoms with Crippen LogP contribution in [0.1, 0.15) is 23.2 Å². The van der Waals surface area contributed by atoms with E-state index in [1.165, 1.54) is 0 Å². The van der Waals surface area contributed by atoms with Crippen molar-refractivity contribution in [2.45, 2.75) is 18.9 Å². The van der Waals surface area contributed by atoms with Crippen molar-refractivity contribution < 1.29 is 14.6 Å². The van der Waals surface area contributed by atoms with E-state index in [1.807, 2.05) is 42.5 Å². The number of hydrogen-bond acceptors (Lipinski definition) is 3. The molecule has 0 spiro atoms. The average Bonchev–Trinajstić information content (AvgIpc) is 2.72. The predicted molar refractivity (Wildman–Crippen MR) is 107 cm³/mol. The second-order valence-electron chi connectivity index (χ2n) is 7.05. The number of hydrogen-bond donors (Lipinski definition) is 1. The number of amides is 1. The first-order valence-electron chi connectivity index (χ1n) is 9.29. The molecule has 1 fully saturated rings. The zero-order chi connectivity index (χ0) is 18.8. The first-order chi connectivity index (χ1) is 13.1. The van der Waals surface area contributed by atoms with Crippen LogP contribution in [0.25, 0.3) is 21.9 Å². The Bertz CT molecular complexity index is 965. The molecule has 4 heteroatoms. The molecule has 1 aliphatic heterocycles. The van der Waals surface area contributed by atoms with Crippen LogP contribution in [0.5, 0.6) is 5.75 Å². The van der Waals surface area contributed by atoms with Crippen LogP contribution >= 0.6 is 0 Å². The Morgan fingerprint density at radius 2 is 1.70 bits per heavy atom. The molecule has 0 radical (unpaired) electrons. The minimum Gasteiger partial charge on any atom is -0.497 e. The molecule has 3 aromatic carbocycles. The zero-order valence-corrected chi connectivity index (χ0v) is 15.4. The van der Waals surface area contributed by atoms with E-state index in [4.69, 9.17) is 4.74 Å². The summed E-state index contributed by atoms with van der Waals surface area (Å²) in [5.74, 6) is 0.834. The van der Waals surface area contributed by atoms with Crippen molar-refractivity contribution in [1.29, 1.82) is 0 Å². The quantitative estimate of drug-likeness (QED) is 0.764. The minimum absolute atomic E-state index is 0.00474. The number of aliphatic hydroxyl groups excluding tert-OH is 1. The molecule has 1 saturated heterocycles. The fourth-order valence-electron chi connectivity index (χ4n) is 3.66. The number of methoxy groups -OCH3 is 1. The van der Waals surface area contributed by atoms with Crippen LogP contribution in [-0.4, -0.2) is 42.2 Å². The number of carbonyl (C=O) groups is 1. The molecule has 1 amide bonds. The Morgan fingerprint density at radius 1 is 1.00 bits per heavy atom. The van der Waals surface area contributed by atoms with Gasteiger partial charge in [0.1, 0.15) is 5.75 Å². The van der Waals surface area contributed by atoms with Gasteiger partial charge in [-0.15, -0.1) is 0 Å². The lowest BCUT2D eigenvalue weighted by molar-refractivity contribution is 0.0474. The number of fused-ring (bicyclic) bond motifs is 1. The van der Waals surface area contributed by atoms with Crippen LogP contribution in [-0.2, 0) is 0 Å². The fraction of sp³-hybridized carbons (Fsp3) is 0.261. The fourth-order valence-corrected chi connectivity index (χ4v) is 3.66. The molecule has 0 aromatic heterocycles. The third-order valence-corrected chi connectivity index (χ3v) is 5.19. The average molecular weight is 361 g/mol. The van der Waals surface area contributed by atoms with Crippen molar-refractivity contribution in [3.63, 3.8) is 0 Å². The van der Waals surface area contributed by atoms with E-state index in [0.717, 1.165) is 40.5 Å². The second kappa shape index (κ2) is 7.41. The van der Waals surface area contributed by atoms with E-state index in [9.17, 15) is 9.90 Å². The molecule has 0 unspecified atom stereocenters. The van der Waals surface area contributed by atoms with Crippen molar-refractivity contribution in [2.75, 3.05) is 20.2 Å². The monoisotopic (exact) mass is 361 g/mol. The highest BCUT2D eigenvalue weighted by molar-refractivity contribution is 5.99. The van der Waals surface area contributed by atoms with Crippen molar-refractivity contribution >= 4 is 16.7 Å². The van der Waals surface area contributed by atoms with Crippen molar-refractivity contribution in [3.05, 3.63) is 66.2 Å². The van der Waals surface area contributed by atoms with Gasteiger partial charge in [-0.3, -0.25) is 4.79 Å². The maximum Gasteiger partial charge on any atom is 0.253 e. The number of likely N-dealkylation sites (tertiary alicyclic amines) is 1. The van der Waals surface area contributed by atoms with Gasteiger partial charge in [0.2, 0.25) is 0 Å². The minimum atomic E-state index is -0.407. The molecule has 0 aliphatic carbocycles. The van der Waals surface area contributed by atoms with Crippen LogP contribution in [0.2, 0.25) is 0 Å². The molecule has 1 aliphatic rings. The molecule has 4 nitrogen and oxygen atoms in total. The maximum absolute atomic E-state index is 12.7. The largest absolute Gasteiger partial charge is 0.497 e. The summed E-state index contributed by atoms with van der Waals surface area (Å²) in [6.07, 6.45) is 1.22. The molecular formula is C23H23NO3. The van der Waals surface area contributed by atoms with Crippen LogP contribution in [0.4, 0.5) is 0 Å². The lowest BCUT2D eigenvalue weighted by Gasteiger charge is -2.30. The lowest BCUT2D eigenvalue weighted by Crippen LogP contribution is -2.42. The van der Waals surface area contributed by atoms with Crippen LogP contribution in [0.15, 0.2) is 60.7 Å². The Balaban J connectivity index is 1.60. The van der Waals surface area contributed by atoms with Crippen molar-refractivity contribution in [2.24, 2.45) is 0 Å². The summed E-state index contributed by atoms with van der Waals surface area (Å²) in [5, 5.41) is 12.0. The molecular weight excluding hydrogens is 338 g/mol. The van der Waals surface area contributed by atoms with Gasteiger partial charge in [0.25, 0.3) is 5.91 Å². The third-order valence-electron chi connectivity index (χ3n) is 5.19. The smallest absolute Gasteiger partial charge is 0.253 e. The highest BCUT2D eigenvalue weighted by atomic mass is 16.5. The first kappa shape index (κ1) is 17.6. The molecule has 0 saturated carbocycles. The van der Waals surface area contributed by atoms with Gasteiger partial charge in [0, 0.05) is 18.7 Å². The van der Waals surface area contributed by atoms with Gasteiger partial charge in [-0.05, 0) is 65.1 Å². The topological polar surface area (TPSA) is 49.8 Å². The van der Waals surface area contributed by atoms with E-state index in [-0.39, 0.29) is 5.91 Å². The molecule has 4 rings (SSSR count). The van der Waals surface area contributed by atoms with E-state index >= 15 is 0 Å². The third kappa shape index (κ3) is 3.67. The number of ether oxygens (including phenoxy) is 1. The van der Waals surface area contributed by atoms with Gasteiger partial charge in [0.15, 0.2) is 0 Å². The molecule has 1 heterocycles. The van der Waals surface area contributed by atoms with Gasteiger partial charge in [-0.25, -0.2) is 0 Å². The van der Waals surface area contributed by atoms with E-state index in [2.05, 4.69) is 18.2 Å². The highest BCUT2D eigenvalue weighted by Gasteiger charge is 2.23. The summed E-state index contributed by atoms with van der Waals surface area (Å²) >= 11 is 0. The standard InChI is InChI=1S/C23H23NO3/c1-27-22-10-8-16(9-11-22)17-4-5-19-14-20(7-6-18(19)13-17)23(26)24-12-2-3-21(25)15-24/h4-11,13-14,21,25H,2-3,12,15H2,1H3/t21-/m1/s1. The molecule has 0 bridgehead atoms. The van der Waals surface area contributed by atoms with Gasteiger partial charge in [-0.2, -0.15) is 0 Å². The first-order valence-corrected chi connectivity index (χ1v) is 9.29. The SMILES string of the molecule is COc1ccc(-c2ccc3cc(C(=O)N4CCC[C@@H](O)C4)ccc3c2)cc1. The van der Waals surface area contributed by atoms with E-state index < -0.39 is 6.10 Å². The van der Waals surface area contributed by atoms with Gasteiger partial charge >= 0.3 is 0 Å². The number of aliphatic hydroxyl groups is 1. The number of benzene rings is 3. The Labute approximate surface area is 159 Å². The van der Waals surface area contributed by atoms with Crippen LogP contribution < -0.4 is 4.74 Å². The second-order valence-corrected chi connectivity index (χ2v) is 7.05. The number of piperidine rings is 1. The van der Waals surface area contributed by atoms with Gasteiger partial charge in [-0.1, -0.05) is 30.3 Å². The van der Waals surface area contributed by atoms with Crippen LogP contribution in [0, 0.1) is 0 Å². The van der Waals surface area contributed by atoms with Crippen molar-refractivity contribution in [1.82, 2.24) is 4.90 Å². The van der Waals surface area contributed by atoms with E-state index in [0.29, 0.717) is 18.7 Å². The van der Waals surface area contributed by atoms with Gasteiger partial charge in [0.05, 0.1) is 13.2 Å². The number of β-amino-alcohol motifs (C(OH)–C–C–N with tert-alkyl or cyclic N) is 1.